The van der Waals surface area contributed by atoms with Gasteiger partial charge in [-0.05, 0) is 56.2 Å². The van der Waals surface area contributed by atoms with Crippen LogP contribution in [-0.2, 0) is 0 Å². The van der Waals surface area contributed by atoms with E-state index in [0.29, 0.717) is 8.95 Å². The van der Waals surface area contributed by atoms with E-state index in [2.05, 4.69) is 49.4 Å². The monoisotopic (exact) mass is 326 g/mol. The number of hydrogen-bond donors (Lipinski definition) is 2. The molecule has 0 saturated carbocycles. The molecule has 3 N–H and O–H groups in total. The van der Waals surface area contributed by atoms with Crippen LogP contribution in [0, 0.1) is 5.82 Å². The van der Waals surface area contributed by atoms with Gasteiger partial charge in [0.05, 0.1) is 10.2 Å². The first-order valence-corrected chi connectivity index (χ1v) is 5.21. The van der Waals surface area contributed by atoms with Gasteiger partial charge in [0.25, 0.3) is 0 Å². The van der Waals surface area contributed by atoms with Gasteiger partial charge in [0.2, 0.25) is 0 Å². The van der Waals surface area contributed by atoms with E-state index >= 15 is 0 Å². The highest BCUT2D eigenvalue weighted by Gasteiger charge is 2.09. The van der Waals surface area contributed by atoms with Crippen molar-refractivity contribution in [1.29, 1.82) is 0 Å². The Morgan fingerprint density at radius 3 is 2.62 bits per heavy atom. The van der Waals surface area contributed by atoms with Gasteiger partial charge in [-0.3, -0.25) is 0 Å². The van der Waals surface area contributed by atoms with Gasteiger partial charge in [0.1, 0.15) is 0 Å². The molecule has 70 valence electrons. The maximum atomic E-state index is 13.4. The van der Waals surface area contributed by atoms with E-state index in [1.807, 2.05) is 0 Å². The molecule has 6 heteroatoms. The van der Waals surface area contributed by atoms with Crippen molar-refractivity contribution in [3.8, 4) is 0 Å². The molecule has 0 aliphatic heterocycles. The Morgan fingerprint density at radius 1 is 1.46 bits per heavy atom. The fourth-order valence-electron chi connectivity index (χ4n) is 0.755. The average molecular weight is 328 g/mol. The molecule has 2 nitrogen and oxygen atoms in total. The topological polar surface area (TPSA) is 38.0 Å². The Kier molecular flexibility index (Phi) is 3.63. The van der Waals surface area contributed by atoms with Crippen LogP contribution >= 0.6 is 44.1 Å². The number of benzene rings is 1. The second kappa shape index (κ2) is 4.34. The Bertz CT molecular complexity index is 357. The maximum absolute atomic E-state index is 13.4. The number of thiocarbonyl (C=S) groups is 1. The highest BCUT2D eigenvalue weighted by Crippen LogP contribution is 2.30. The lowest BCUT2D eigenvalue weighted by atomic mass is 10.3. The molecule has 0 aromatic heterocycles. The molecular weight excluding hydrogens is 323 g/mol. The molecule has 0 aliphatic rings. The van der Waals surface area contributed by atoms with E-state index < -0.39 is 5.82 Å². The van der Waals surface area contributed by atoms with Crippen molar-refractivity contribution in [2.45, 2.75) is 0 Å². The first kappa shape index (κ1) is 10.9. The second-order valence-corrected chi connectivity index (χ2v) is 4.30. The molecular formula is C7H5Br2FN2S. The quantitative estimate of drug-likeness (QED) is 0.615. The predicted molar refractivity (Wildman–Crippen MR) is 62.2 cm³/mol. The van der Waals surface area contributed by atoms with Crippen LogP contribution in [-0.4, -0.2) is 5.11 Å². The van der Waals surface area contributed by atoms with Crippen LogP contribution in [0.15, 0.2) is 21.1 Å². The van der Waals surface area contributed by atoms with E-state index in [0.717, 1.165) is 0 Å². The second-order valence-electron chi connectivity index (χ2n) is 2.21. The summed E-state index contributed by atoms with van der Waals surface area (Å²) in [6.45, 7) is 0. The summed E-state index contributed by atoms with van der Waals surface area (Å²) in [5.74, 6) is -0.429. The molecule has 0 fully saturated rings. The number of hydrogen-bond acceptors (Lipinski definition) is 1. The van der Waals surface area contributed by atoms with Crippen molar-refractivity contribution >= 4 is 54.9 Å². The molecule has 1 rings (SSSR count). The largest absolute Gasteiger partial charge is 0.376 e. The Balaban J connectivity index is 3.10. The molecule has 0 bridgehead atoms. The maximum Gasteiger partial charge on any atom is 0.168 e. The third kappa shape index (κ3) is 2.62. The van der Waals surface area contributed by atoms with Gasteiger partial charge in [-0.15, -0.1) is 0 Å². The SMILES string of the molecule is NC(=S)Nc1ccc(Br)c(Br)c1F. The van der Waals surface area contributed by atoms with E-state index in [4.69, 9.17) is 5.73 Å². The number of halogens is 3. The van der Waals surface area contributed by atoms with E-state index in [1.165, 1.54) is 0 Å². The van der Waals surface area contributed by atoms with Crippen molar-refractivity contribution in [2.24, 2.45) is 5.73 Å². The summed E-state index contributed by atoms with van der Waals surface area (Å²) in [4.78, 5) is 0. The van der Waals surface area contributed by atoms with Crippen LogP contribution in [0.25, 0.3) is 0 Å². The Labute approximate surface area is 96.9 Å². The highest BCUT2D eigenvalue weighted by atomic mass is 79.9. The van der Waals surface area contributed by atoms with Crippen molar-refractivity contribution < 1.29 is 4.39 Å². The lowest BCUT2D eigenvalue weighted by Crippen LogP contribution is -2.19. The standard InChI is InChI=1S/C7H5Br2FN2S/c8-3-1-2-4(12-7(11)13)6(10)5(3)9/h1-2H,(H3,11,12,13). The Morgan fingerprint density at radius 2 is 2.08 bits per heavy atom. The molecule has 0 unspecified atom stereocenters. The third-order valence-electron chi connectivity index (χ3n) is 1.29. The summed E-state index contributed by atoms with van der Waals surface area (Å²) in [6, 6.07) is 3.23. The van der Waals surface area contributed by atoms with Crippen molar-refractivity contribution in [2.75, 3.05) is 5.32 Å². The first-order valence-electron chi connectivity index (χ1n) is 3.22. The summed E-state index contributed by atoms with van der Waals surface area (Å²) in [5, 5.41) is 2.56. The molecule has 0 amide bonds. The zero-order chi connectivity index (χ0) is 10.0. The van der Waals surface area contributed by atoms with E-state index in [9.17, 15) is 4.39 Å². The molecule has 13 heavy (non-hydrogen) atoms. The molecule has 1 aromatic rings. The van der Waals surface area contributed by atoms with Crippen molar-refractivity contribution in [3.63, 3.8) is 0 Å². The smallest absolute Gasteiger partial charge is 0.168 e. The minimum Gasteiger partial charge on any atom is -0.376 e. The molecule has 0 saturated heterocycles. The number of nitrogens with two attached hydrogens (primary N) is 1. The van der Waals surface area contributed by atoms with Gasteiger partial charge in [-0.1, -0.05) is 0 Å². The average Bonchev–Trinajstić information content (AvgIpc) is 2.06. The molecule has 0 spiro atoms. The fraction of sp³-hybridized carbons (Fsp3) is 0. The van der Waals surface area contributed by atoms with Gasteiger partial charge in [-0.2, -0.15) is 0 Å². The van der Waals surface area contributed by atoms with Crippen LogP contribution in [0.2, 0.25) is 0 Å². The minimum absolute atomic E-state index is 0.0353. The van der Waals surface area contributed by atoms with Crippen molar-refractivity contribution in [1.82, 2.24) is 0 Å². The molecule has 0 heterocycles. The lowest BCUT2D eigenvalue weighted by Gasteiger charge is -2.07. The van der Waals surface area contributed by atoms with Crippen LogP contribution in [0.1, 0.15) is 0 Å². The van der Waals surface area contributed by atoms with Crippen LogP contribution in [0.3, 0.4) is 0 Å². The lowest BCUT2D eigenvalue weighted by molar-refractivity contribution is 0.624. The Hall–Kier alpha value is -0.200. The van der Waals surface area contributed by atoms with Crippen LogP contribution < -0.4 is 11.1 Å². The highest BCUT2D eigenvalue weighted by molar-refractivity contribution is 9.13. The van der Waals surface area contributed by atoms with E-state index in [1.54, 1.807) is 12.1 Å². The van der Waals surface area contributed by atoms with Gasteiger partial charge in [-0.25, -0.2) is 4.39 Å². The zero-order valence-corrected chi connectivity index (χ0v) is 10.3. The molecule has 0 aliphatic carbocycles. The van der Waals surface area contributed by atoms with Gasteiger partial charge >= 0.3 is 0 Å². The number of rotatable bonds is 1. The number of nitrogens with one attached hydrogen (secondary N) is 1. The van der Waals surface area contributed by atoms with Crippen molar-refractivity contribution in [3.05, 3.63) is 26.9 Å². The summed E-state index contributed by atoms with van der Waals surface area (Å²) in [5.41, 5.74) is 5.46. The number of anilines is 1. The van der Waals surface area contributed by atoms with E-state index in [-0.39, 0.29) is 10.8 Å². The van der Waals surface area contributed by atoms with Crippen LogP contribution in [0.4, 0.5) is 10.1 Å². The fourth-order valence-corrected chi connectivity index (χ4v) is 1.52. The summed E-state index contributed by atoms with van der Waals surface area (Å²) < 4.78 is 14.3. The van der Waals surface area contributed by atoms with Gasteiger partial charge < -0.3 is 11.1 Å². The first-order chi connectivity index (χ1) is 6.02. The van der Waals surface area contributed by atoms with Gasteiger partial charge in [0, 0.05) is 4.47 Å². The summed E-state index contributed by atoms with van der Waals surface area (Å²) in [7, 11) is 0. The minimum atomic E-state index is -0.429. The molecule has 1 aromatic carbocycles. The van der Waals surface area contributed by atoms with Gasteiger partial charge in [0.15, 0.2) is 10.9 Å². The van der Waals surface area contributed by atoms with Crippen LogP contribution in [0.5, 0.6) is 0 Å². The predicted octanol–water partition coefficient (Wildman–Crippen LogP) is 3.01. The molecule has 0 atom stereocenters. The summed E-state index contributed by atoms with van der Waals surface area (Å²) in [6.07, 6.45) is 0. The summed E-state index contributed by atoms with van der Waals surface area (Å²) >= 11 is 10.8. The molecule has 0 radical (unpaired) electrons. The normalized spacial score (nSPS) is 9.77. The third-order valence-corrected chi connectivity index (χ3v) is 3.36. The zero-order valence-electron chi connectivity index (χ0n) is 6.27.